The molecule has 0 unspecified atom stereocenters. The van der Waals surface area contributed by atoms with E-state index in [0.717, 1.165) is 26.2 Å². The predicted molar refractivity (Wildman–Crippen MR) is 93.9 cm³/mol. The van der Waals surface area contributed by atoms with Crippen LogP contribution in [0.3, 0.4) is 0 Å². The molecule has 1 aliphatic rings. The third-order valence-electron chi connectivity index (χ3n) is 4.65. The lowest BCUT2D eigenvalue weighted by Gasteiger charge is -2.35. The van der Waals surface area contributed by atoms with Gasteiger partial charge in [-0.2, -0.15) is 0 Å². The van der Waals surface area contributed by atoms with Crippen LogP contribution < -0.4 is 4.90 Å². The van der Waals surface area contributed by atoms with Gasteiger partial charge in [0, 0.05) is 62.6 Å². The van der Waals surface area contributed by atoms with Gasteiger partial charge in [0.2, 0.25) is 0 Å². The number of pyridine rings is 1. The molecule has 124 valence electrons. The van der Waals surface area contributed by atoms with Crippen molar-refractivity contribution in [3.63, 3.8) is 0 Å². The summed E-state index contributed by atoms with van der Waals surface area (Å²) in [5.74, 6) is 1.75. The average molecular weight is 313 g/mol. The Bertz CT molecular complexity index is 634. The normalized spacial score (nSPS) is 18.6. The van der Waals surface area contributed by atoms with Crippen LogP contribution in [0.2, 0.25) is 0 Å². The molecule has 0 N–H and O–H groups in total. The fraction of sp³-hybridized carbons (Fsp3) is 0.556. The Balaban J connectivity index is 1.74. The van der Waals surface area contributed by atoms with Crippen LogP contribution in [0.5, 0.6) is 0 Å². The lowest BCUT2D eigenvalue weighted by atomic mass is 9.96. The van der Waals surface area contributed by atoms with E-state index in [1.54, 1.807) is 0 Å². The molecule has 1 saturated heterocycles. The van der Waals surface area contributed by atoms with Gasteiger partial charge in [0.25, 0.3) is 0 Å². The summed E-state index contributed by atoms with van der Waals surface area (Å²) in [6, 6.07) is 2.14. The molecule has 0 aliphatic carbocycles. The number of imidazole rings is 1. The summed E-state index contributed by atoms with van der Waals surface area (Å²) in [6.45, 7) is 6.37. The number of hydrogen-bond donors (Lipinski definition) is 0. The van der Waals surface area contributed by atoms with E-state index in [1.165, 1.54) is 29.9 Å². The topological polar surface area (TPSA) is 37.2 Å². The van der Waals surface area contributed by atoms with Gasteiger partial charge in [-0.25, -0.2) is 4.98 Å². The fourth-order valence-electron chi connectivity index (χ4n) is 3.40. The van der Waals surface area contributed by atoms with Gasteiger partial charge in [-0.15, -0.1) is 0 Å². The largest absolute Gasteiger partial charge is 0.370 e. The molecule has 2 aromatic rings. The maximum atomic E-state index is 4.67. The highest BCUT2D eigenvalue weighted by molar-refractivity contribution is 5.52. The van der Waals surface area contributed by atoms with Crippen molar-refractivity contribution in [2.45, 2.75) is 32.2 Å². The number of aryl methyl sites for hydroxylation is 1. The maximum absolute atomic E-state index is 4.67. The second-order valence-electron chi connectivity index (χ2n) is 6.73. The molecule has 3 rings (SSSR count). The third kappa shape index (κ3) is 3.72. The van der Waals surface area contributed by atoms with E-state index in [4.69, 9.17) is 0 Å². The molecule has 0 amide bonds. The molecule has 0 bridgehead atoms. The Morgan fingerprint density at radius 3 is 2.96 bits per heavy atom. The lowest BCUT2D eigenvalue weighted by Crippen LogP contribution is -2.36. The summed E-state index contributed by atoms with van der Waals surface area (Å²) >= 11 is 0. The van der Waals surface area contributed by atoms with Crippen molar-refractivity contribution >= 4 is 5.69 Å². The molecular weight excluding hydrogens is 286 g/mol. The van der Waals surface area contributed by atoms with Gasteiger partial charge in [-0.1, -0.05) is 0 Å². The zero-order valence-corrected chi connectivity index (χ0v) is 14.4. The lowest BCUT2D eigenvalue weighted by molar-refractivity contribution is 0.373. The van der Waals surface area contributed by atoms with Crippen molar-refractivity contribution in [1.82, 2.24) is 19.4 Å². The Kier molecular flexibility index (Phi) is 4.96. The van der Waals surface area contributed by atoms with E-state index < -0.39 is 0 Å². The first-order valence-corrected chi connectivity index (χ1v) is 8.46. The van der Waals surface area contributed by atoms with Gasteiger partial charge < -0.3 is 14.4 Å². The summed E-state index contributed by atoms with van der Waals surface area (Å²) in [4.78, 5) is 13.6. The van der Waals surface area contributed by atoms with E-state index in [1.807, 2.05) is 18.6 Å². The average Bonchev–Trinajstić information content (AvgIpc) is 3.02. The van der Waals surface area contributed by atoms with Crippen molar-refractivity contribution in [1.29, 1.82) is 0 Å². The molecule has 5 heteroatoms. The Morgan fingerprint density at radius 2 is 2.17 bits per heavy atom. The van der Waals surface area contributed by atoms with Crippen molar-refractivity contribution in [3.8, 4) is 0 Å². The predicted octanol–water partition coefficient (Wildman–Crippen LogP) is 2.53. The van der Waals surface area contributed by atoms with Crippen LogP contribution >= 0.6 is 0 Å². The van der Waals surface area contributed by atoms with Crippen LogP contribution in [-0.4, -0.2) is 53.2 Å². The number of hydrogen-bond acceptors (Lipinski definition) is 4. The van der Waals surface area contributed by atoms with Crippen LogP contribution in [0.4, 0.5) is 5.69 Å². The third-order valence-corrected chi connectivity index (χ3v) is 4.65. The SMILES string of the molecule is Cc1cnccc1N1CCC[C@@H](c2nccn2CCN(C)C)C1. The van der Waals surface area contributed by atoms with Crippen LogP contribution in [0.1, 0.15) is 30.1 Å². The molecule has 0 radical (unpaired) electrons. The number of nitrogens with zero attached hydrogens (tertiary/aromatic N) is 5. The highest BCUT2D eigenvalue weighted by Crippen LogP contribution is 2.30. The van der Waals surface area contributed by atoms with Gasteiger partial charge in [-0.3, -0.25) is 4.98 Å². The molecule has 1 atom stereocenters. The first-order valence-electron chi connectivity index (χ1n) is 8.46. The van der Waals surface area contributed by atoms with Gasteiger partial charge in [-0.05, 0) is 45.5 Å². The summed E-state index contributed by atoms with van der Waals surface area (Å²) in [5.41, 5.74) is 2.57. The first-order chi connectivity index (χ1) is 11.1. The van der Waals surface area contributed by atoms with Gasteiger partial charge >= 0.3 is 0 Å². The van der Waals surface area contributed by atoms with E-state index in [2.05, 4.69) is 57.6 Å². The quantitative estimate of drug-likeness (QED) is 0.850. The minimum Gasteiger partial charge on any atom is -0.370 e. The zero-order chi connectivity index (χ0) is 16.2. The van der Waals surface area contributed by atoms with Crippen molar-refractivity contribution in [3.05, 3.63) is 42.2 Å². The molecule has 1 fully saturated rings. The van der Waals surface area contributed by atoms with Crippen molar-refractivity contribution in [2.24, 2.45) is 0 Å². The number of piperidine rings is 1. The van der Waals surface area contributed by atoms with Crippen LogP contribution in [0.15, 0.2) is 30.9 Å². The molecule has 1 aliphatic heterocycles. The number of likely N-dealkylation sites (N-methyl/N-ethyl adjacent to an activating group) is 1. The van der Waals surface area contributed by atoms with Crippen LogP contribution in [-0.2, 0) is 6.54 Å². The molecule has 0 spiro atoms. The van der Waals surface area contributed by atoms with Crippen LogP contribution in [0, 0.1) is 6.92 Å². The minimum atomic E-state index is 0.508. The standard InChI is InChI=1S/C18H27N5/c1-15-13-19-7-6-17(15)23-9-4-5-16(14-23)18-20-8-10-22(18)12-11-21(2)3/h6-8,10,13,16H,4-5,9,11-12,14H2,1-3H3/t16-/m1/s1. The smallest absolute Gasteiger partial charge is 0.113 e. The Morgan fingerprint density at radius 1 is 1.30 bits per heavy atom. The Labute approximate surface area is 139 Å². The molecular formula is C18H27N5. The van der Waals surface area contributed by atoms with E-state index in [0.29, 0.717) is 5.92 Å². The van der Waals surface area contributed by atoms with E-state index >= 15 is 0 Å². The zero-order valence-electron chi connectivity index (χ0n) is 14.4. The summed E-state index contributed by atoms with van der Waals surface area (Å²) in [7, 11) is 4.23. The molecule has 2 aromatic heterocycles. The second-order valence-corrected chi connectivity index (χ2v) is 6.73. The van der Waals surface area contributed by atoms with Crippen LogP contribution in [0.25, 0.3) is 0 Å². The minimum absolute atomic E-state index is 0.508. The van der Waals surface area contributed by atoms with Gasteiger partial charge in [0.1, 0.15) is 5.82 Å². The summed E-state index contributed by atoms with van der Waals surface area (Å²) in [6.07, 6.45) is 10.4. The number of aromatic nitrogens is 3. The first kappa shape index (κ1) is 16.0. The number of rotatable bonds is 5. The maximum Gasteiger partial charge on any atom is 0.113 e. The monoisotopic (exact) mass is 313 g/mol. The molecule has 23 heavy (non-hydrogen) atoms. The van der Waals surface area contributed by atoms with Crippen molar-refractivity contribution < 1.29 is 0 Å². The summed E-state index contributed by atoms with van der Waals surface area (Å²) in [5, 5.41) is 0. The van der Waals surface area contributed by atoms with E-state index in [-0.39, 0.29) is 0 Å². The fourth-order valence-corrected chi connectivity index (χ4v) is 3.40. The molecule has 0 saturated carbocycles. The highest BCUT2D eigenvalue weighted by atomic mass is 15.2. The Hall–Kier alpha value is -1.88. The molecule has 5 nitrogen and oxygen atoms in total. The highest BCUT2D eigenvalue weighted by Gasteiger charge is 2.25. The van der Waals surface area contributed by atoms with Crippen molar-refractivity contribution in [2.75, 3.05) is 38.6 Å². The molecule has 0 aromatic carbocycles. The summed E-state index contributed by atoms with van der Waals surface area (Å²) < 4.78 is 2.33. The van der Waals surface area contributed by atoms with Gasteiger partial charge in [0.15, 0.2) is 0 Å². The second kappa shape index (κ2) is 7.13. The number of anilines is 1. The molecule has 3 heterocycles. The van der Waals surface area contributed by atoms with E-state index in [9.17, 15) is 0 Å². The van der Waals surface area contributed by atoms with Gasteiger partial charge in [0.05, 0.1) is 0 Å².